The van der Waals surface area contributed by atoms with Crippen LogP contribution >= 0.6 is 27.5 Å². The fourth-order valence-corrected chi connectivity index (χ4v) is 6.21. The Morgan fingerprint density at radius 3 is 2.57 bits per heavy atom. The van der Waals surface area contributed by atoms with Gasteiger partial charge in [0.2, 0.25) is 0 Å². The molecule has 1 aliphatic heterocycles. The van der Waals surface area contributed by atoms with Crippen LogP contribution in [0.2, 0.25) is 5.02 Å². The van der Waals surface area contributed by atoms with Crippen LogP contribution in [0.1, 0.15) is 51.9 Å². The van der Waals surface area contributed by atoms with Crippen LogP contribution in [0, 0.1) is 5.82 Å². The van der Waals surface area contributed by atoms with Crippen LogP contribution in [0.3, 0.4) is 0 Å². The zero-order valence-electron chi connectivity index (χ0n) is 25.2. The molecule has 2 amide bonds. The van der Waals surface area contributed by atoms with Gasteiger partial charge in [-0.1, -0.05) is 29.8 Å². The maximum atomic E-state index is 14.2. The molecule has 0 spiro atoms. The van der Waals surface area contributed by atoms with Gasteiger partial charge in [-0.15, -0.1) is 0 Å². The quantitative estimate of drug-likeness (QED) is 0.215. The summed E-state index contributed by atoms with van der Waals surface area (Å²) in [6, 6.07) is 18.9. The molecule has 2 aliphatic rings. The molecule has 0 saturated heterocycles. The monoisotopic (exact) mass is 718 g/mol. The first kappa shape index (κ1) is 30.9. The number of amides is 2. The van der Waals surface area contributed by atoms with Gasteiger partial charge in [-0.3, -0.25) is 18.7 Å². The van der Waals surface area contributed by atoms with E-state index in [1.54, 1.807) is 64.1 Å². The van der Waals surface area contributed by atoms with Crippen molar-refractivity contribution in [1.29, 1.82) is 0 Å². The van der Waals surface area contributed by atoms with E-state index in [-0.39, 0.29) is 49.1 Å². The van der Waals surface area contributed by atoms with E-state index in [1.165, 1.54) is 15.4 Å². The van der Waals surface area contributed by atoms with Crippen molar-refractivity contribution in [2.24, 2.45) is 0 Å². The molecule has 1 aliphatic carbocycles. The van der Waals surface area contributed by atoms with Crippen molar-refractivity contribution in [2.45, 2.75) is 51.5 Å². The largest absolute Gasteiger partial charge is 0.490 e. The number of benzene rings is 3. The van der Waals surface area contributed by atoms with Crippen molar-refractivity contribution in [3.8, 4) is 17.1 Å². The number of carbonyl (C=O) groups is 2. The maximum absolute atomic E-state index is 14.2. The third-order valence-corrected chi connectivity index (χ3v) is 9.57. The van der Waals surface area contributed by atoms with Crippen molar-refractivity contribution in [2.75, 3.05) is 0 Å². The molecule has 1 N–H and O–H groups in total. The number of imidazole rings is 1. The number of hydrogen-bond donors (Lipinski definition) is 1. The second kappa shape index (κ2) is 12.5. The Labute approximate surface area is 282 Å². The van der Waals surface area contributed by atoms with Crippen molar-refractivity contribution < 1.29 is 18.7 Å². The highest BCUT2D eigenvalue weighted by Gasteiger charge is 2.35. The first-order valence-electron chi connectivity index (χ1n) is 15.1. The van der Waals surface area contributed by atoms with Crippen LogP contribution in [-0.2, 0) is 19.6 Å². The number of fused-ring (bicyclic) bond motifs is 1. The van der Waals surface area contributed by atoms with Gasteiger partial charge in [0.1, 0.15) is 11.4 Å². The van der Waals surface area contributed by atoms with Crippen molar-refractivity contribution in [3.63, 3.8) is 0 Å². The molecule has 3 heterocycles. The summed E-state index contributed by atoms with van der Waals surface area (Å²) < 4.78 is 24.7. The predicted octanol–water partition coefficient (Wildman–Crippen LogP) is 5.90. The number of para-hydroxylation sites is 1. The summed E-state index contributed by atoms with van der Waals surface area (Å²) in [4.78, 5) is 43.6. The fraction of sp³-hybridized carbons (Fsp3) is 0.235. The van der Waals surface area contributed by atoms with Gasteiger partial charge in [0.15, 0.2) is 5.82 Å². The molecule has 1 atom stereocenters. The number of nitrogens with zero attached hydrogens (tertiary/aromatic N) is 5. The van der Waals surface area contributed by atoms with Crippen LogP contribution in [0.15, 0.2) is 88.4 Å². The summed E-state index contributed by atoms with van der Waals surface area (Å²) in [6.07, 6.45) is 4.59. The van der Waals surface area contributed by atoms with Gasteiger partial charge in [0.05, 0.1) is 47.1 Å². The maximum Gasteiger partial charge on any atom is 0.333 e. The zero-order valence-corrected chi connectivity index (χ0v) is 27.5. The number of carbonyl (C=O) groups excluding carboxylic acids is 2. The van der Waals surface area contributed by atoms with E-state index >= 15 is 0 Å². The Hall–Kier alpha value is -4.68. The highest BCUT2D eigenvalue weighted by Crippen LogP contribution is 2.30. The van der Waals surface area contributed by atoms with Crippen LogP contribution in [0.4, 0.5) is 4.39 Å². The topological polar surface area (TPSA) is 103 Å². The van der Waals surface area contributed by atoms with Crippen LogP contribution in [0.25, 0.3) is 11.4 Å². The van der Waals surface area contributed by atoms with Crippen molar-refractivity contribution >= 4 is 39.3 Å². The minimum Gasteiger partial charge on any atom is -0.490 e. The van der Waals surface area contributed by atoms with Gasteiger partial charge in [0.25, 0.3) is 11.8 Å². The molecule has 3 aromatic carbocycles. The van der Waals surface area contributed by atoms with Gasteiger partial charge < -0.3 is 15.0 Å². The van der Waals surface area contributed by atoms with Gasteiger partial charge in [-0.2, -0.15) is 5.10 Å². The highest BCUT2D eigenvalue weighted by molar-refractivity contribution is 9.10. The lowest BCUT2D eigenvalue weighted by atomic mass is 10.1. The first-order valence-corrected chi connectivity index (χ1v) is 16.3. The lowest BCUT2D eigenvalue weighted by Gasteiger charge is -2.34. The van der Waals surface area contributed by atoms with E-state index in [4.69, 9.17) is 16.3 Å². The minimum atomic E-state index is -0.510. The molecular weight excluding hydrogens is 691 g/mol. The number of rotatable bonds is 8. The molecule has 47 heavy (non-hydrogen) atoms. The summed E-state index contributed by atoms with van der Waals surface area (Å²) in [5.41, 5.74) is 2.30. The van der Waals surface area contributed by atoms with Gasteiger partial charge in [0, 0.05) is 29.2 Å². The Bertz CT molecular complexity index is 2070. The standard InChI is InChI=1S/C34H29BrClFN6O4/c1-20-17-41-30(19-40(20)33(45)21-6-13-27(35)28(36)14-21)31(43(34(41)46)24-7-9-25(10-8-24)47-26-11-12-26)32(44)38-15-22-4-2-3-5-29(22)42-18-23(37)16-39-42/h2-10,13-14,16,18,20,26H,11-12,15,17,19H2,1H3,(H,38,44). The summed E-state index contributed by atoms with van der Waals surface area (Å²) in [5, 5.41) is 7.42. The summed E-state index contributed by atoms with van der Waals surface area (Å²) in [5.74, 6) is -0.582. The van der Waals surface area contributed by atoms with Gasteiger partial charge in [-0.25, -0.2) is 13.9 Å². The lowest BCUT2D eigenvalue weighted by molar-refractivity contribution is 0.0610. The molecule has 5 aromatic rings. The summed E-state index contributed by atoms with van der Waals surface area (Å²) in [7, 11) is 0. The number of halogens is 3. The molecule has 1 fully saturated rings. The second-order valence-electron chi connectivity index (χ2n) is 11.7. The van der Waals surface area contributed by atoms with Crippen LogP contribution < -0.4 is 15.7 Å². The normalized spacial score (nSPS) is 15.7. The Morgan fingerprint density at radius 1 is 1.11 bits per heavy atom. The second-order valence-corrected chi connectivity index (χ2v) is 12.9. The highest BCUT2D eigenvalue weighted by atomic mass is 79.9. The van der Waals surface area contributed by atoms with Crippen LogP contribution in [0.5, 0.6) is 5.75 Å². The van der Waals surface area contributed by atoms with E-state index in [9.17, 15) is 18.8 Å². The molecule has 13 heteroatoms. The smallest absolute Gasteiger partial charge is 0.333 e. The lowest BCUT2D eigenvalue weighted by Crippen LogP contribution is -2.47. The third kappa shape index (κ3) is 6.10. The molecule has 2 aromatic heterocycles. The van der Waals surface area contributed by atoms with Crippen molar-refractivity contribution in [3.05, 3.63) is 127 Å². The average molecular weight is 720 g/mol. The molecule has 240 valence electrons. The molecule has 10 nitrogen and oxygen atoms in total. The molecule has 1 unspecified atom stereocenters. The van der Waals surface area contributed by atoms with E-state index in [0.717, 1.165) is 19.0 Å². The Morgan fingerprint density at radius 2 is 1.87 bits per heavy atom. The Balaban J connectivity index is 1.26. The van der Waals surface area contributed by atoms with E-state index in [1.807, 2.05) is 19.1 Å². The van der Waals surface area contributed by atoms with E-state index < -0.39 is 11.7 Å². The Kier molecular flexibility index (Phi) is 8.23. The SMILES string of the molecule is CC1Cn2c(c(C(=O)NCc3ccccc3-n3cc(F)cn3)n(-c3ccc(OC4CC4)cc3)c2=O)CN1C(=O)c1ccc(Br)c(Cl)c1. The minimum absolute atomic E-state index is 0.0186. The first-order chi connectivity index (χ1) is 22.7. The molecule has 0 radical (unpaired) electrons. The van der Waals surface area contributed by atoms with Gasteiger partial charge in [-0.05, 0) is 89.8 Å². The summed E-state index contributed by atoms with van der Waals surface area (Å²) >= 11 is 9.66. The molecule has 7 rings (SSSR count). The number of nitrogens with one attached hydrogen (secondary N) is 1. The summed E-state index contributed by atoms with van der Waals surface area (Å²) in [6.45, 7) is 2.14. The van der Waals surface area contributed by atoms with E-state index in [0.29, 0.717) is 43.4 Å². The molecule has 0 bridgehead atoms. The molecule has 1 saturated carbocycles. The third-order valence-electron chi connectivity index (χ3n) is 8.34. The average Bonchev–Trinajstić information content (AvgIpc) is 3.71. The zero-order chi connectivity index (χ0) is 32.8. The fourth-order valence-electron chi connectivity index (χ4n) is 5.78. The van der Waals surface area contributed by atoms with Crippen LogP contribution in [-0.4, -0.2) is 47.8 Å². The van der Waals surface area contributed by atoms with Gasteiger partial charge >= 0.3 is 5.69 Å². The number of hydrogen-bond acceptors (Lipinski definition) is 5. The van der Waals surface area contributed by atoms with Crippen molar-refractivity contribution in [1.82, 2.24) is 29.1 Å². The van der Waals surface area contributed by atoms with E-state index in [2.05, 4.69) is 26.3 Å². The number of ether oxygens (including phenoxy) is 1. The predicted molar refractivity (Wildman–Crippen MR) is 177 cm³/mol. The number of aromatic nitrogens is 4. The molecular formula is C34H29BrClFN6O4.